The molecule has 0 saturated carbocycles. The Balaban J connectivity index is 1.88. The molecule has 1 aliphatic heterocycles. The molecule has 0 fully saturated rings. The quantitative estimate of drug-likeness (QED) is 0.667. The highest BCUT2D eigenvalue weighted by Crippen LogP contribution is 2.52. The standard InChI is InChI=1S/C16H10F4N2O3S/c17-15(18)11-8(25-9-3-1-2-7-6-21-22-13(7)9)4-5-10-12(11)14(23)16(19,20)26(10)24/h1-6,14-15,23H,(H,21,22). The molecule has 0 spiro atoms. The largest absolute Gasteiger partial charge is 0.455 e. The molecule has 2 unspecified atom stereocenters. The first-order chi connectivity index (χ1) is 12.3. The molecule has 2 N–H and O–H groups in total. The molecule has 0 bridgehead atoms. The van der Waals surface area contributed by atoms with E-state index < -0.39 is 50.4 Å². The Bertz CT molecular complexity index is 1040. The molecule has 0 amide bonds. The van der Waals surface area contributed by atoms with Crippen LogP contribution in [0.2, 0.25) is 0 Å². The molecule has 0 saturated heterocycles. The molecule has 2 heterocycles. The average Bonchev–Trinajstić information content (AvgIpc) is 3.14. The summed E-state index contributed by atoms with van der Waals surface area (Å²) in [5.41, 5.74) is -1.22. The zero-order valence-corrected chi connectivity index (χ0v) is 13.6. The first kappa shape index (κ1) is 17.0. The molecule has 4 rings (SSSR count). The number of aromatic nitrogens is 2. The van der Waals surface area contributed by atoms with E-state index in [1.54, 1.807) is 12.1 Å². The summed E-state index contributed by atoms with van der Waals surface area (Å²) in [7, 11) is -2.92. The van der Waals surface area contributed by atoms with Gasteiger partial charge in [0.1, 0.15) is 22.1 Å². The number of nitrogens with zero attached hydrogens (tertiary/aromatic N) is 1. The fourth-order valence-electron chi connectivity index (χ4n) is 2.92. The summed E-state index contributed by atoms with van der Waals surface area (Å²) in [4.78, 5) is -0.523. The number of ether oxygens (including phenoxy) is 1. The Morgan fingerprint density at radius 3 is 2.73 bits per heavy atom. The second-order valence-electron chi connectivity index (χ2n) is 5.62. The van der Waals surface area contributed by atoms with Crippen LogP contribution in [0.4, 0.5) is 17.6 Å². The van der Waals surface area contributed by atoms with Gasteiger partial charge in [-0.05, 0) is 18.2 Å². The lowest BCUT2D eigenvalue weighted by Gasteiger charge is -2.17. The normalized spacial score (nSPS) is 21.3. The van der Waals surface area contributed by atoms with Crippen LogP contribution in [-0.4, -0.2) is 24.8 Å². The van der Waals surface area contributed by atoms with Crippen molar-refractivity contribution in [1.82, 2.24) is 10.2 Å². The summed E-state index contributed by atoms with van der Waals surface area (Å²) in [6.07, 6.45) is -4.32. The van der Waals surface area contributed by atoms with E-state index >= 15 is 0 Å². The number of alkyl halides is 4. The average molecular weight is 386 g/mol. The van der Waals surface area contributed by atoms with Gasteiger partial charge in [0.25, 0.3) is 6.43 Å². The smallest absolute Gasteiger partial charge is 0.354 e. The lowest BCUT2D eigenvalue weighted by molar-refractivity contribution is -0.0361. The Labute approximate surface area is 146 Å². The summed E-state index contributed by atoms with van der Waals surface area (Å²) in [6, 6.07) is 6.87. The van der Waals surface area contributed by atoms with Crippen molar-refractivity contribution in [3.63, 3.8) is 0 Å². The van der Waals surface area contributed by atoms with E-state index in [0.29, 0.717) is 10.9 Å². The van der Waals surface area contributed by atoms with Crippen LogP contribution in [0.3, 0.4) is 0 Å². The summed E-state index contributed by atoms with van der Waals surface area (Å²) in [5, 5.41) is 12.9. The number of nitrogens with one attached hydrogen (secondary N) is 1. The van der Waals surface area contributed by atoms with Gasteiger partial charge in [-0.25, -0.2) is 13.0 Å². The summed E-state index contributed by atoms with van der Waals surface area (Å²) in [6.45, 7) is 0. The van der Waals surface area contributed by atoms with Gasteiger partial charge in [0.05, 0.1) is 16.7 Å². The maximum Gasteiger partial charge on any atom is 0.354 e. The van der Waals surface area contributed by atoms with Crippen molar-refractivity contribution in [2.75, 3.05) is 0 Å². The van der Waals surface area contributed by atoms with Crippen molar-refractivity contribution >= 4 is 21.7 Å². The number of aromatic amines is 1. The van der Waals surface area contributed by atoms with E-state index in [-0.39, 0.29) is 5.75 Å². The minimum Gasteiger partial charge on any atom is -0.455 e. The number of halogens is 4. The van der Waals surface area contributed by atoms with E-state index in [0.717, 1.165) is 12.1 Å². The van der Waals surface area contributed by atoms with Crippen LogP contribution >= 0.6 is 0 Å². The number of benzene rings is 2. The van der Waals surface area contributed by atoms with E-state index in [9.17, 15) is 26.9 Å². The number of H-pyrrole nitrogens is 1. The van der Waals surface area contributed by atoms with E-state index in [1.807, 2.05) is 0 Å². The van der Waals surface area contributed by atoms with Crippen molar-refractivity contribution in [3.05, 3.63) is 47.7 Å². The van der Waals surface area contributed by atoms with Crippen molar-refractivity contribution in [3.8, 4) is 11.5 Å². The Morgan fingerprint density at radius 1 is 1.23 bits per heavy atom. The Morgan fingerprint density at radius 2 is 2.00 bits per heavy atom. The Kier molecular flexibility index (Phi) is 3.77. The molecule has 3 aromatic rings. The second kappa shape index (κ2) is 5.78. The molecule has 1 aromatic heterocycles. The highest BCUT2D eigenvalue weighted by Gasteiger charge is 2.56. The predicted octanol–water partition coefficient (Wildman–Crippen LogP) is 4.04. The number of hydrogen-bond acceptors (Lipinski definition) is 4. The van der Waals surface area contributed by atoms with Crippen LogP contribution in [0.15, 0.2) is 41.4 Å². The first-order valence-corrected chi connectivity index (χ1v) is 8.50. The molecule has 0 radical (unpaired) electrons. The summed E-state index contributed by atoms with van der Waals surface area (Å²) >= 11 is 0. The number of fused-ring (bicyclic) bond motifs is 2. The third-order valence-electron chi connectivity index (χ3n) is 4.12. The fourth-order valence-corrected chi connectivity index (χ4v) is 4.14. The number of aliphatic hydroxyl groups excluding tert-OH is 1. The molecule has 2 atom stereocenters. The molecule has 1 aliphatic rings. The monoisotopic (exact) mass is 386 g/mol. The zero-order chi connectivity index (χ0) is 18.6. The Hall–Kier alpha value is -2.46. The number of hydrogen-bond donors (Lipinski definition) is 2. The van der Waals surface area contributed by atoms with E-state index in [1.165, 1.54) is 12.3 Å². The van der Waals surface area contributed by atoms with Gasteiger partial charge < -0.3 is 9.84 Å². The predicted molar refractivity (Wildman–Crippen MR) is 83.9 cm³/mol. The van der Waals surface area contributed by atoms with Gasteiger partial charge in [-0.3, -0.25) is 5.10 Å². The van der Waals surface area contributed by atoms with Crippen LogP contribution < -0.4 is 4.74 Å². The lowest BCUT2D eigenvalue weighted by Crippen LogP contribution is -2.24. The van der Waals surface area contributed by atoms with Crippen LogP contribution in [-0.2, 0) is 10.8 Å². The molecule has 2 aromatic carbocycles. The van der Waals surface area contributed by atoms with Crippen LogP contribution in [0.1, 0.15) is 23.7 Å². The maximum absolute atomic E-state index is 13.8. The molecule has 10 heteroatoms. The van der Waals surface area contributed by atoms with Gasteiger partial charge in [0, 0.05) is 10.9 Å². The van der Waals surface area contributed by atoms with Crippen LogP contribution in [0.5, 0.6) is 11.5 Å². The van der Waals surface area contributed by atoms with Crippen molar-refractivity contribution in [2.45, 2.75) is 22.7 Å². The van der Waals surface area contributed by atoms with Gasteiger partial charge in [-0.1, -0.05) is 12.1 Å². The molecular weight excluding hydrogens is 376 g/mol. The van der Waals surface area contributed by atoms with Gasteiger partial charge in [0.15, 0.2) is 11.9 Å². The molecule has 136 valence electrons. The molecule has 26 heavy (non-hydrogen) atoms. The van der Waals surface area contributed by atoms with Crippen LogP contribution in [0.25, 0.3) is 10.9 Å². The first-order valence-electron chi connectivity index (χ1n) is 7.35. The van der Waals surface area contributed by atoms with Crippen LogP contribution in [0, 0.1) is 0 Å². The van der Waals surface area contributed by atoms with Crippen molar-refractivity contribution < 1.29 is 31.6 Å². The maximum atomic E-state index is 13.8. The van der Waals surface area contributed by atoms with E-state index in [4.69, 9.17) is 4.74 Å². The topological polar surface area (TPSA) is 75.2 Å². The third-order valence-corrected chi connectivity index (χ3v) is 5.60. The second-order valence-corrected chi connectivity index (χ2v) is 7.14. The molecule has 5 nitrogen and oxygen atoms in total. The minimum absolute atomic E-state index is 0.155. The van der Waals surface area contributed by atoms with Crippen molar-refractivity contribution in [2.24, 2.45) is 0 Å². The van der Waals surface area contributed by atoms with E-state index in [2.05, 4.69) is 10.2 Å². The van der Waals surface area contributed by atoms with Gasteiger partial charge in [-0.15, -0.1) is 0 Å². The van der Waals surface area contributed by atoms with Gasteiger partial charge in [-0.2, -0.15) is 13.9 Å². The molecule has 0 aliphatic carbocycles. The third kappa shape index (κ3) is 2.32. The number of para-hydroxylation sites is 1. The highest BCUT2D eigenvalue weighted by atomic mass is 32.2. The fraction of sp³-hybridized carbons (Fsp3) is 0.188. The molecular formula is C16H10F4N2O3S. The SMILES string of the molecule is O=S1c2ccc(Oc3cccc4cn[nH]c34)c(C(F)F)c2C(O)C1(F)F. The lowest BCUT2D eigenvalue weighted by atomic mass is 10.0. The van der Waals surface area contributed by atoms with Gasteiger partial charge in [0.2, 0.25) is 0 Å². The summed E-state index contributed by atoms with van der Waals surface area (Å²) in [5.74, 6) is -0.253. The highest BCUT2D eigenvalue weighted by molar-refractivity contribution is 7.86. The van der Waals surface area contributed by atoms with Crippen molar-refractivity contribution in [1.29, 1.82) is 0 Å². The summed E-state index contributed by atoms with van der Waals surface area (Å²) < 4.78 is 72.3. The number of rotatable bonds is 3. The zero-order valence-electron chi connectivity index (χ0n) is 12.7. The number of aliphatic hydroxyl groups is 1. The minimum atomic E-state index is -4.05. The van der Waals surface area contributed by atoms with Gasteiger partial charge >= 0.3 is 5.25 Å².